The van der Waals surface area contributed by atoms with E-state index in [2.05, 4.69) is 27.1 Å². The van der Waals surface area contributed by atoms with E-state index in [0.29, 0.717) is 25.5 Å². The summed E-state index contributed by atoms with van der Waals surface area (Å²) >= 11 is 6.06. The second kappa shape index (κ2) is 10.2. The van der Waals surface area contributed by atoms with E-state index >= 15 is 0 Å². The molecule has 2 fully saturated rings. The van der Waals surface area contributed by atoms with Gasteiger partial charge in [-0.25, -0.2) is 14.5 Å². The lowest BCUT2D eigenvalue weighted by atomic mass is 10.0. The molecule has 1 unspecified atom stereocenters. The van der Waals surface area contributed by atoms with Crippen LogP contribution >= 0.6 is 11.6 Å². The van der Waals surface area contributed by atoms with E-state index < -0.39 is 0 Å². The van der Waals surface area contributed by atoms with E-state index in [-0.39, 0.29) is 12.1 Å². The summed E-state index contributed by atoms with van der Waals surface area (Å²) in [6.07, 6.45) is 3.72. The highest BCUT2D eigenvalue weighted by atomic mass is 35.5. The van der Waals surface area contributed by atoms with Gasteiger partial charge in [0, 0.05) is 49.5 Å². The smallest absolute Gasteiger partial charge is 0.320 e. The maximum absolute atomic E-state index is 13.4. The number of carbonyl (C=O) groups is 1. The lowest BCUT2D eigenvalue weighted by Crippen LogP contribution is -2.52. The van der Waals surface area contributed by atoms with Gasteiger partial charge in [0.2, 0.25) is 0 Å². The number of aryl methyl sites for hydroxylation is 1. The number of likely N-dealkylation sites (tertiary alicyclic amines) is 1. The molecule has 5 rings (SSSR count). The Morgan fingerprint density at radius 2 is 1.86 bits per heavy atom. The summed E-state index contributed by atoms with van der Waals surface area (Å²) in [6.45, 7) is 8.14. The molecule has 8 nitrogen and oxygen atoms in total. The van der Waals surface area contributed by atoms with Crippen LogP contribution in [0.25, 0.3) is 5.69 Å². The van der Waals surface area contributed by atoms with Crippen LogP contribution in [0.2, 0.25) is 5.02 Å². The molecular weight excluding hydrogens is 464 g/mol. The van der Waals surface area contributed by atoms with Gasteiger partial charge in [0.1, 0.15) is 23.6 Å². The molecule has 2 aromatic carbocycles. The van der Waals surface area contributed by atoms with Crippen molar-refractivity contribution in [2.75, 3.05) is 44.2 Å². The molecule has 0 bridgehead atoms. The molecule has 0 N–H and O–H groups in total. The number of urea groups is 1. The van der Waals surface area contributed by atoms with Crippen molar-refractivity contribution in [3.8, 4) is 11.4 Å². The number of hydrogen-bond acceptors (Lipinski definition) is 5. The normalized spacial score (nSPS) is 18.3. The molecule has 1 aromatic heterocycles. The molecule has 3 heterocycles. The van der Waals surface area contributed by atoms with Crippen LogP contribution in [0.3, 0.4) is 0 Å². The zero-order valence-electron chi connectivity index (χ0n) is 20.2. The number of nitrogens with zero attached hydrogens (tertiary/aromatic N) is 6. The van der Waals surface area contributed by atoms with Gasteiger partial charge in [-0.3, -0.25) is 0 Å². The molecule has 3 aromatic rings. The molecule has 2 aliphatic rings. The van der Waals surface area contributed by atoms with E-state index in [4.69, 9.17) is 16.3 Å². The topological polar surface area (TPSA) is 66.7 Å². The monoisotopic (exact) mass is 494 g/mol. The number of aromatic nitrogens is 3. The average Bonchev–Trinajstić information content (AvgIpc) is 3.54. The highest BCUT2D eigenvalue weighted by molar-refractivity contribution is 6.30. The standard InChI is InChI=1S/C26H31ClN6O2/c1-3-35-25-17-22(10-11-24(25)33-18-28-19(2)29-33)30-13-15-31(16-14-30)26(34)32-12-4-5-23(32)20-6-8-21(27)9-7-20/h6-11,17-18,23H,3-5,12-16H2,1-2H3. The Morgan fingerprint density at radius 3 is 2.54 bits per heavy atom. The van der Waals surface area contributed by atoms with Crippen LogP contribution in [0.4, 0.5) is 10.5 Å². The van der Waals surface area contributed by atoms with E-state index in [9.17, 15) is 4.79 Å². The van der Waals surface area contributed by atoms with Crippen molar-refractivity contribution in [1.29, 1.82) is 0 Å². The minimum atomic E-state index is 0.125. The largest absolute Gasteiger partial charge is 0.492 e. The van der Waals surface area contributed by atoms with Gasteiger partial charge in [-0.15, -0.1) is 0 Å². The van der Waals surface area contributed by atoms with Gasteiger partial charge in [-0.05, 0) is 56.5 Å². The molecule has 35 heavy (non-hydrogen) atoms. The summed E-state index contributed by atoms with van der Waals surface area (Å²) in [6, 6.07) is 14.3. The Kier molecular flexibility index (Phi) is 6.81. The second-order valence-electron chi connectivity index (χ2n) is 8.98. The number of benzene rings is 2. The van der Waals surface area contributed by atoms with E-state index in [1.165, 1.54) is 0 Å². The summed E-state index contributed by atoms with van der Waals surface area (Å²) in [7, 11) is 0. The number of amides is 2. The van der Waals surface area contributed by atoms with E-state index in [1.807, 2.05) is 54.0 Å². The van der Waals surface area contributed by atoms with Gasteiger partial charge in [0.15, 0.2) is 0 Å². The summed E-state index contributed by atoms with van der Waals surface area (Å²) in [5.74, 6) is 1.49. The fourth-order valence-corrected chi connectivity index (χ4v) is 5.11. The van der Waals surface area contributed by atoms with Crippen molar-refractivity contribution in [2.24, 2.45) is 0 Å². The Hall–Kier alpha value is -3.26. The lowest BCUT2D eigenvalue weighted by Gasteiger charge is -2.39. The maximum Gasteiger partial charge on any atom is 0.320 e. The molecule has 9 heteroatoms. The minimum Gasteiger partial charge on any atom is -0.492 e. The van der Waals surface area contributed by atoms with Gasteiger partial charge < -0.3 is 19.4 Å². The predicted octanol–water partition coefficient (Wildman–Crippen LogP) is 4.71. The highest BCUT2D eigenvalue weighted by Gasteiger charge is 2.34. The quantitative estimate of drug-likeness (QED) is 0.514. The van der Waals surface area contributed by atoms with Crippen molar-refractivity contribution in [3.63, 3.8) is 0 Å². The van der Waals surface area contributed by atoms with Crippen LogP contribution in [-0.4, -0.2) is 69.9 Å². The first-order chi connectivity index (χ1) is 17.0. The first-order valence-corrected chi connectivity index (χ1v) is 12.6. The average molecular weight is 495 g/mol. The van der Waals surface area contributed by atoms with Crippen LogP contribution < -0.4 is 9.64 Å². The number of rotatable bonds is 5. The van der Waals surface area contributed by atoms with Crippen LogP contribution in [0, 0.1) is 6.92 Å². The van der Waals surface area contributed by atoms with Crippen molar-refractivity contribution in [2.45, 2.75) is 32.7 Å². The third-order valence-electron chi connectivity index (χ3n) is 6.77. The van der Waals surface area contributed by atoms with Gasteiger partial charge >= 0.3 is 6.03 Å². The van der Waals surface area contributed by atoms with Crippen LogP contribution in [-0.2, 0) is 0 Å². The fourth-order valence-electron chi connectivity index (χ4n) is 4.99. The molecule has 2 saturated heterocycles. The zero-order chi connectivity index (χ0) is 24.4. The van der Waals surface area contributed by atoms with Crippen molar-refractivity contribution >= 4 is 23.3 Å². The first-order valence-electron chi connectivity index (χ1n) is 12.2. The van der Waals surface area contributed by atoms with Gasteiger partial charge in [-0.1, -0.05) is 23.7 Å². The Morgan fingerprint density at radius 1 is 1.09 bits per heavy atom. The number of halogens is 1. The number of carbonyl (C=O) groups excluding carboxylic acids is 1. The first kappa shape index (κ1) is 23.5. The van der Waals surface area contributed by atoms with Crippen LogP contribution in [0.5, 0.6) is 5.75 Å². The fraction of sp³-hybridized carbons (Fsp3) is 0.423. The molecule has 0 spiro atoms. The molecule has 0 aliphatic carbocycles. The highest BCUT2D eigenvalue weighted by Crippen LogP contribution is 2.34. The Bertz CT molecular complexity index is 1170. The third kappa shape index (κ3) is 4.93. The Labute approximate surface area is 211 Å². The Balaban J connectivity index is 1.25. The number of anilines is 1. The van der Waals surface area contributed by atoms with Gasteiger partial charge in [0.05, 0.1) is 12.6 Å². The number of ether oxygens (including phenoxy) is 1. The third-order valence-corrected chi connectivity index (χ3v) is 7.02. The molecule has 0 radical (unpaired) electrons. The summed E-state index contributed by atoms with van der Waals surface area (Å²) < 4.78 is 7.67. The SMILES string of the molecule is CCOc1cc(N2CCN(C(=O)N3CCCC3c3ccc(Cl)cc3)CC2)ccc1-n1cnc(C)n1. The van der Waals surface area contributed by atoms with Crippen molar-refractivity contribution < 1.29 is 9.53 Å². The molecule has 2 aliphatic heterocycles. The van der Waals surface area contributed by atoms with E-state index in [0.717, 1.165) is 60.2 Å². The zero-order valence-corrected chi connectivity index (χ0v) is 21.0. The van der Waals surface area contributed by atoms with Gasteiger partial charge in [-0.2, -0.15) is 5.10 Å². The molecule has 0 saturated carbocycles. The molecule has 1 atom stereocenters. The second-order valence-corrected chi connectivity index (χ2v) is 9.42. The van der Waals surface area contributed by atoms with Crippen molar-refractivity contribution in [1.82, 2.24) is 24.6 Å². The summed E-state index contributed by atoms with van der Waals surface area (Å²) in [4.78, 5) is 24.0. The molecule has 2 amide bonds. The maximum atomic E-state index is 13.4. The predicted molar refractivity (Wildman–Crippen MR) is 137 cm³/mol. The number of piperazine rings is 1. The minimum absolute atomic E-state index is 0.125. The van der Waals surface area contributed by atoms with Crippen molar-refractivity contribution in [3.05, 3.63) is 65.2 Å². The van der Waals surface area contributed by atoms with Crippen LogP contribution in [0.15, 0.2) is 48.8 Å². The summed E-state index contributed by atoms with van der Waals surface area (Å²) in [5, 5.41) is 5.14. The van der Waals surface area contributed by atoms with E-state index in [1.54, 1.807) is 11.0 Å². The lowest BCUT2D eigenvalue weighted by molar-refractivity contribution is 0.145. The molecule has 184 valence electrons. The summed E-state index contributed by atoms with van der Waals surface area (Å²) in [5.41, 5.74) is 3.11. The molecular formula is C26H31ClN6O2. The van der Waals surface area contributed by atoms with Crippen LogP contribution in [0.1, 0.15) is 37.2 Å². The van der Waals surface area contributed by atoms with Gasteiger partial charge in [0.25, 0.3) is 0 Å². The number of hydrogen-bond donors (Lipinski definition) is 0.